The van der Waals surface area contributed by atoms with Crippen LogP contribution in [0.2, 0.25) is 5.02 Å². The van der Waals surface area contributed by atoms with E-state index in [0.717, 1.165) is 55.7 Å². The average Bonchev–Trinajstić information content (AvgIpc) is 3.19. The number of carbonyl (C=O) groups excluding carboxylic acids is 1. The van der Waals surface area contributed by atoms with Gasteiger partial charge in [0, 0.05) is 37.1 Å². The van der Waals surface area contributed by atoms with E-state index in [1.807, 2.05) is 30.0 Å². The van der Waals surface area contributed by atoms with Crippen LogP contribution >= 0.6 is 11.6 Å². The predicted octanol–water partition coefficient (Wildman–Crippen LogP) is 3.29. The predicted molar refractivity (Wildman–Crippen MR) is 122 cm³/mol. The number of likely N-dealkylation sites (N-methyl/N-ethyl adjacent to an activating group) is 1. The molecular formula is C22H36ClN5O. The van der Waals surface area contributed by atoms with Crippen LogP contribution in [0.3, 0.4) is 0 Å². The zero-order chi connectivity index (χ0) is 21.2. The third-order valence-corrected chi connectivity index (χ3v) is 5.81. The monoisotopic (exact) mass is 421 g/mol. The fraction of sp³-hybridized carbons (Fsp3) is 0.636. The standard InChI is InChI=1S/C22H36ClN5O/c1-5-21(29)28-14-13-17(16-28)26-22(24-6-2)25-15-20(27(7-3)8-4)18-11-9-10-12-19(18)23/h9-12,17,20H,5-8,13-16H2,1-4H3,(H2,24,25,26). The number of guanidine groups is 1. The zero-order valence-electron chi connectivity index (χ0n) is 18.2. The van der Waals surface area contributed by atoms with Crippen LogP contribution in [-0.2, 0) is 4.79 Å². The van der Waals surface area contributed by atoms with Crippen molar-refractivity contribution in [3.63, 3.8) is 0 Å². The summed E-state index contributed by atoms with van der Waals surface area (Å²) in [5.41, 5.74) is 1.11. The summed E-state index contributed by atoms with van der Waals surface area (Å²) < 4.78 is 0. The lowest BCUT2D eigenvalue weighted by Crippen LogP contribution is -2.45. The summed E-state index contributed by atoms with van der Waals surface area (Å²) in [7, 11) is 0. The van der Waals surface area contributed by atoms with Gasteiger partial charge in [-0.25, -0.2) is 0 Å². The molecule has 1 aromatic carbocycles. The quantitative estimate of drug-likeness (QED) is 0.474. The molecule has 0 aromatic heterocycles. The first-order chi connectivity index (χ1) is 14.0. The van der Waals surface area contributed by atoms with Crippen LogP contribution in [0.5, 0.6) is 0 Å². The van der Waals surface area contributed by atoms with E-state index in [2.05, 4.69) is 42.4 Å². The molecule has 0 aliphatic carbocycles. The second-order valence-corrected chi connectivity index (χ2v) is 7.71. The van der Waals surface area contributed by atoms with Gasteiger partial charge >= 0.3 is 0 Å². The first-order valence-electron chi connectivity index (χ1n) is 10.8. The number of nitrogens with zero attached hydrogens (tertiary/aromatic N) is 3. The van der Waals surface area contributed by atoms with E-state index in [1.54, 1.807) is 0 Å². The zero-order valence-corrected chi connectivity index (χ0v) is 19.0. The molecule has 0 saturated carbocycles. The van der Waals surface area contributed by atoms with Gasteiger partial charge in [-0.05, 0) is 38.1 Å². The molecule has 1 aliphatic heterocycles. The van der Waals surface area contributed by atoms with Gasteiger partial charge in [0.1, 0.15) is 0 Å². The molecule has 2 unspecified atom stereocenters. The minimum absolute atomic E-state index is 0.121. The molecule has 2 atom stereocenters. The Morgan fingerprint density at radius 3 is 2.62 bits per heavy atom. The van der Waals surface area contributed by atoms with Crippen molar-refractivity contribution in [3.8, 4) is 0 Å². The lowest BCUT2D eigenvalue weighted by Gasteiger charge is -2.30. The molecule has 1 heterocycles. The largest absolute Gasteiger partial charge is 0.357 e. The number of hydrogen-bond acceptors (Lipinski definition) is 3. The molecule has 7 heteroatoms. The molecule has 0 radical (unpaired) electrons. The molecule has 1 fully saturated rings. The van der Waals surface area contributed by atoms with Crippen LogP contribution in [-0.4, -0.2) is 67.0 Å². The molecule has 1 amide bonds. The van der Waals surface area contributed by atoms with Crippen LogP contribution < -0.4 is 10.6 Å². The van der Waals surface area contributed by atoms with Gasteiger partial charge in [-0.3, -0.25) is 14.7 Å². The van der Waals surface area contributed by atoms with Crippen molar-refractivity contribution in [3.05, 3.63) is 34.9 Å². The van der Waals surface area contributed by atoms with Gasteiger partial charge in [0.05, 0.1) is 12.6 Å². The van der Waals surface area contributed by atoms with Gasteiger partial charge in [-0.2, -0.15) is 0 Å². The summed E-state index contributed by atoms with van der Waals surface area (Å²) in [4.78, 5) is 21.2. The number of rotatable bonds is 9. The van der Waals surface area contributed by atoms with E-state index in [-0.39, 0.29) is 18.0 Å². The molecule has 1 aromatic rings. The maximum Gasteiger partial charge on any atom is 0.222 e. The third kappa shape index (κ3) is 6.61. The van der Waals surface area contributed by atoms with Crippen LogP contribution in [0.1, 0.15) is 52.1 Å². The first kappa shape index (κ1) is 23.5. The van der Waals surface area contributed by atoms with E-state index >= 15 is 0 Å². The van der Waals surface area contributed by atoms with E-state index < -0.39 is 0 Å². The first-order valence-corrected chi connectivity index (χ1v) is 11.2. The maximum atomic E-state index is 12.0. The SMILES string of the molecule is CCNC(=NCC(c1ccccc1Cl)N(CC)CC)NC1CCN(C(=O)CC)C1. The molecule has 29 heavy (non-hydrogen) atoms. The summed E-state index contributed by atoms with van der Waals surface area (Å²) in [6.07, 6.45) is 1.50. The number of hydrogen-bond donors (Lipinski definition) is 2. The summed E-state index contributed by atoms with van der Waals surface area (Å²) >= 11 is 6.51. The fourth-order valence-electron chi connectivity index (χ4n) is 3.84. The number of amides is 1. The number of benzene rings is 1. The smallest absolute Gasteiger partial charge is 0.222 e. The van der Waals surface area contributed by atoms with E-state index in [1.165, 1.54) is 0 Å². The van der Waals surface area contributed by atoms with Crippen molar-refractivity contribution in [2.24, 2.45) is 4.99 Å². The van der Waals surface area contributed by atoms with Gasteiger partial charge in [-0.15, -0.1) is 0 Å². The van der Waals surface area contributed by atoms with Crippen molar-refractivity contribution in [1.29, 1.82) is 0 Å². The van der Waals surface area contributed by atoms with Crippen molar-refractivity contribution in [2.45, 2.75) is 52.6 Å². The Kier molecular flexibility index (Phi) is 9.74. The van der Waals surface area contributed by atoms with E-state index in [0.29, 0.717) is 13.0 Å². The van der Waals surface area contributed by atoms with Crippen molar-refractivity contribution >= 4 is 23.5 Å². The van der Waals surface area contributed by atoms with Crippen molar-refractivity contribution in [1.82, 2.24) is 20.4 Å². The minimum Gasteiger partial charge on any atom is -0.357 e. The second kappa shape index (κ2) is 12.0. The van der Waals surface area contributed by atoms with E-state index in [4.69, 9.17) is 16.6 Å². The van der Waals surface area contributed by atoms with Gasteiger partial charge in [0.25, 0.3) is 0 Å². The molecule has 2 N–H and O–H groups in total. The average molecular weight is 422 g/mol. The number of nitrogens with one attached hydrogen (secondary N) is 2. The molecular weight excluding hydrogens is 386 g/mol. The lowest BCUT2D eigenvalue weighted by atomic mass is 10.1. The molecule has 6 nitrogen and oxygen atoms in total. The molecule has 2 rings (SSSR count). The van der Waals surface area contributed by atoms with Crippen molar-refractivity contribution in [2.75, 3.05) is 39.3 Å². The Balaban J connectivity index is 2.13. The number of halogens is 1. The van der Waals surface area contributed by atoms with E-state index in [9.17, 15) is 4.79 Å². The molecule has 1 aliphatic rings. The highest BCUT2D eigenvalue weighted by atomic mass is 35.5. The summed E-state index contributed by atoms with van der Waals surface area (Å²) in [6.45, 7) is 13.1. The summed E-state index contributed by atoms with van der Waals surface area (Å²) in [5.74, 6) is 1.02. The number of aliphatic imine (C=N–C) groups is 1. The summed E-state index contributed by atoms with van der Waals surface area (Å²) in [5, 5.41) is 7.64. The number of carbonyl (C=O) groups is 1. The van der Waals surface area contributed by atoms with Gasteiger partial charge in [0.2, 0.25) is 5.91 Å². The Hall–Kier alpha value is -1.79. The number of likely N-dealkylation sites (tertiary alicyclic amines) is 1. The van der Waals surface area contributed by atoms with Crippen LogP contribution in [0, 0.1) is 0 Å². The van der Waals surface area contributed by atoms with Crippen LogP contribution in [0.15, 0.2) is 29.3 Å². The van der Waals surface area contributed by atoms with Gasteiger partial charge < -0.3 is 15.5 Å². The third-order valence-electron chi connectivity index (χ3n) is 5.47. The van der Waals surface area contributed by atoms with Crippen LogP contribution in [0.25, 0.3) is 0 Å². The highest BCUT2D eigenvalue weighted by molar-refractivity contribution is 6.31. The Morgan fingerprint density at radius 1 is 1.28 bits per heavy atom. The fourth-order valence-corrected chi connectivity index (χ4v) is 4.10. The second-order valence-electron chi connectivity index (χ2n) is 7.30. The molecule has 0 spiro atoms. The Bertz CT molecular complexity index is 677. The summed E-state index contributed by atoms with van der Waals surface area (Å²) in [6, 6.07) is 8.38. The topological polar surface area (TPSA) is 60.0 Å². The van der Waals surface area contributed by atoms with Gasteiger partial charge in [-0.1, -0.05) is 50.6 Å². The maximum absolute atomic E-state index is 12.0. The lowest BCUT2D eigenvalue weighted by molar-refractivity contribution is -0.129. The molecule has 1 saturated heterocycles. The highest BCUT2D eigenvalue weighted by Gasteiger charge is 2.26. The van der Waals surface area contributed by atoms with Crippen LogP contribution in [0.4, 0.5) is 0 Å². The van der Waals surface area contributed by atoms with Crippen molar-refractivity contribution < 1.29 is 4.79 Å². The minimum atomic E-state index is 0.121. The molecule has 162 valence electrons. The highest BCUT2D eigenvalue weighted by Crippen LogP contribution is 2.27. The van der Waals surface area contributed by atoms with Gasteiger partial charge in [0.15, 0.2) is 5.96 Å². The normalized spacial score (nSPS) is 18.2. The Labute approximate surface area is 180 Å². The Morgan fingerprint density at radius 2 is 2.00 bits per heavy atom. The molecule has 0 bridgehead atoms.